The second-order valence-electron chi connectivity index (χ2n) is 5.27. The van der Waals surface area contributed by atoms with Crippen molar-refractivity contribution >= 4 is 11.6 Å². The van der Waals surface area contributed by atoms with Crippen molar-refractivity contribution in [1.29, 1.82) is 0 Å². The molecule has 0 aromatic heterocycles. The molecule has 1 heteroatoms. The number of halogens is 1. The molecule has 0 heterocycles. The van der Waals surface area contributed by atoms with Gasteiger partial charge in [-0.2, -0.15) is 0 Å². The molecule has 1 unspecified atom stereocenters. The zero-order chi connectivity index (χ0) is 10.7. The van der Waals surface area contributed by atoms with Crippen LogP contribution in [0.25, 0.3) is 0 Å². The maximum Gasteiger partial charge on any atom is 0.0469 e. The van der Waals surface area contributed by atoms with Crippen molar-refractivity contribution in [1.82, 2.24) is 0 Å². The number of alkyl halides is 1. The normalized spacial score (nSPS) is 16.5. The molecule has 0 N–H and O–H groups in total. The van der Waals surface area contributed by atoms with E-state index in [1.807, 2.05) is 0 Å². The molecule has 13 heavy (non-hydrogen) atoms. The van der Waals surface area contributed by atoms with Gasteiger partial charge in [0.25, 0.3) is 0 Å². The molecule has 0 aromatic rings. The van der Waals surface area contributed by atoms with Gasteiger partial charge in [0.1, 0.15) is 0 Å². The van der Waals surface area contributed by atoms with Crippen molar-refractivity contribution in [3.05, 3.63) is 11.6 Å². The first-order chi connectivity index (χ1) is 5.67. The van der Waals surface area contributed by atoms with E-state index in [1.54, 1.807) is 0 Å². The van der Waals surface area contributed by atoms with Crippen LogP contribution in [0.2, 0.25) is 0 Å². The Morgan fingerprint density at radius 3 is 1.92 bits per heavy atom. The highest BCUT2D eigenvalue weighted by Crippen LogP contribution is 2.39. The Hall–Kier alpha value is 0.0300. The van der Waals surface area contributed by atoms with Crippen LogP contribution >= 0.6 is 11.6 Å². The molecule has 0 aliphatic carbocycles. The summed E-state index contributed by atoms with van der Waals surface area (Å²) in [6.07, 6.45) is 4.38. The molecule has 0 aliphatic heterocycles. The fourth-order valence-electron chi connectivity index (χ4n) is 1.01. The summed E-state index contributed by atoms with van der Waals surface area (Å²) in [4.78, 5) is -0.0983. The van der Waals surface area contributed by atoms with E-state index >= 15 is 0 Å². The minimum Gasteiger partial charge on any atom is -0.119 e. The third-order valence-corrected chi connectivity index (χ3v) is 3.49. The lowest BCUT2D eigenvalue weighted by molar-refractivity contribution is 0.278. The molecular weight excluding hydrogens is 180 g/mol. The second kappa shape index (κ2) is 4.50. The predicted octanol–water partition coefficient (Wildman–Crippen LogP) is 4.78. The van der Waals surface area contributed by atoms with E-state index in [1.165, 1.54) is 5.57 Å². The molecule has 0 radical (unpaired) electrons. The van der Waals surface area contributed by atoms with Crippen LogP contribution in [0, 0.1) is 5.41 Å². The fourth-order valence-corrected chi connectivity index (χ4v) is 1.12. The zero-order valence-electron chi connectivity index (χ0n) is 9.87. The van der Waals surface area contributed by atoms with Crippen LogP contribution < -0.4 is 0 Å². The summed E-state index contributed by atoms with van der Waals surface area (Å²) in [5.74, 6) is 0. The molecule has 0 amide bonds. The van der Waals surface area contributed by atoms with E-state index in [-0.39, 0.29) is 10.3 Å². The van der Waals surface area contributed by atoms with Crippen molar-refractivity contribution in [3.63, 3.8) is 0 Å². The van der Waals surface area contributed by atoms with Crippen LogP contribution in [-0.2, 0) is 0 Å². The van der Waals surface area contributed by atoms with Gasteiger partial charge in [-0.15, -0.1) is 11.6 Å². The molecule has 0 spiro atoms. The Labute approximate surface area is 88.4 Å². The second-order valence-corrected chi connectivity index (χ2v) is 6.10. The highest BCUT2D eigenvalue weighted by molar-refractivity contribution is 6.24. The molecule has 0 aliphatic rings. The van der Waals surface area contributed by atoms with Crippen LogP contribution in [0.4, 0.5) is 0 Å². The quantitative estimate of drug-likeness (QED) is 0.457. The molecule has 78 valence electrons. The Morgan fingerprint density at radius 2 is 1.62 bits per heavy atom. The Bertz CT molecular complexity index is 178. The summed E-state index contributed by atoms with van der Waals surface area (Å²) in [5.41, 5.74) is 1.55. The van der Waals surface area contributed by atoms with E-state index in [0.29, 0.717) is 0 Å². The van der Waals surface area contributed by atoms with Crippen molar-refractivity contribution in [2.75, 3.05) is 0 Å². The Kier molecular flexibility index (Phi) is 4.51. The van der Waals surface area contributed by atoms with Crippen molar-refractivity contribution in [2.45, 2.75) is 59.3 Å². The average molecular weight is 203 g/mol. The first-order valence-corrected chi connectivity index (χ1v) is 5.37. The summed E-state index contributed by atoms with van der Waals surface area (Å²) in [7, 11) is 0. The van der Waals surface area contributed by atoms with Gasteiger partial charge >= 0.3 is 0 Å². The maximum atomic E-state index is 6.47. The zero-order valence-corrected chi connectivity index (χ0v) is 10.6. The molecular formula is C12H23Cl. The smallest absolute Gasteiger partial charge is 0.0469 e. The number of hydrogen-bond acceptors (Lipinski definition) is 0. The molecule has 0 rings (SSSR count). The van der Waals surface area contributed by atoms with Crippen LogP contribution in [0.5, 0.6) is 0 Å². The van der Waals surface area contributed by atoms with Gasteiger partial charge in [-0.3, -0.25) is 0 Å². The maximum absolute atomic E-state index is 6.47. The predicted molar refractivity (Wildman–Crippen MR) is 62.4 cm³/mol. The standard InChI is InChI=1S/C12H23Cl/c1-10(2)8-7-9-12(6,13)11(3,4)5/h8H,7,9H2,1-6H3. The Balaban J connectivity index is 4.12. The molecule has 0 aromatic carbocycles. The number of hydrogen-bond donors (Lipinski definition) is 0. The molecule has 0 fully saturated rings. The highest BCUT2D eigenvalue weighted by atomic mass is 35.5. The lowest BCUT2D eigenvalue weighted by atomic mass is 9.78. The minimum absolute atomic E-state index is 0.0983. The fraction of sp³-hybridized carbons (Fsp3) is 0.833. The first-order valence-electron chi connectivity index (χ1n) is 4.99. The number of rotatable bonds is 3. The van der Waals surface area contributed by atoms with E-state index in [0.717, 1.165) is 12.8 Å². The van der Waals surface area contributed by atoms with Crippen LogP contribution in [0.1, 0.15) is 54.4 Å². The van der Waals surface area contributed by atoms with Crippen LogP contribution in [0.15, 0.2) is 11.6 Å². The van der Waals surface area contributed by atoms with Gasteiger partial charge in [-0.1, -0.05) is 32.4 Å². The van der Waals surface area contributed by atoms with E-state index in [4.69, 9.17) is 11.6 Å². The van der Waals surface area contributed by atoms with Gasteiger partial charge in [-0.25, -0.2) is 0 Å². The summed E-state index contributed by atoms with van der Waals surface area (Å²) < 4.78 is 0. The van der Waals surface area contributed by atoms with Crippen LogP contribution in [-0.4, -0.2) is 4.87 Å². The van der Waals surface area contributed by atoms with Gasteiger partial charge in [-0.05, 0) is 39.0 Å². The monoisotopic (exact) mass is 202 g/mol. The van der Waals surface area contributed by atoms with Gasteiger partial charge in [0.05, 0.1) is 0 Å². The van der Waals surface area contributed by atoms with Gasteiger partial charge in [0.15, 0.2) is 0 Å². The first kappa shape index (κ1) is 13.0. The highest BCUT2D eigenvalue weighted by Gasteiger charge is 2.34. The van der Waals surface area contributed by atoms with Gasteiger partial charge in [0, 0.05) is 4.87 Å². The molecule has 0 nitrogen and oxygen atoms in total. The summed E-state index contributed by atoms with van der Waals surface area (Å²) >= 11 is 6.47. The lowest BCUT2D eigenvalue weighted by Gasteiger charge is -2.36. The SMILES string of the molecule is CC(C)=CCCC(C)(Cl)C(C)(C)C. The molecule has 1 atom stereocenters. The average Bonchev–Trinajstić information content (AvgIpc) is 1.82. The van der Waals surface area contributed by atoms with Crippen molar-refractivity contribution < 1.29 is 0 Å². The number of allylic oxidation sites excluding steroid dienone is 2. The lowest BCUT2D eigenvalue weighted by Crippen LogP contribution is -2.33. The third kappa shape index (κ3) is 4.71. The summed E-state index contributed by atoms with van der Waals surface area (Å²) in [5, 5.41) is 0. The summed E-state index contributed by atoms with van der Waals surface area (Å²) in [6, 6.07) is 0. The van der Waals surface area contributed by atoms with E-state index in [2.05, 4.69) is 47.6 Å². The molecule has 0 bridgehead atoms. The molecule has 0 saturated carbocycles. The topological polar surface area (TPSA) is 0 Å². The van der Waals surface area contributed by atoms with Gasteiger partial charge < -0.3 is 0 Å². The van der Waals surface area contributed by atoms with E-state index in [9.17, 15) is 0 Å². The van der Waals surface area contributed by atoms with Crippen molar-refractivity contribution in [3.8, 4) is 0 Å². The van der Waals surface area contributed by atoms with Crippen LogP contribution in [0.3, 0.4) is 0 Å². The van der Waals surface area contributed by atoms with E-state index < -0.39 is 0 Å². The minimum atomic E-state index is -0.0983. The van der Waals surface area contributed by atoms with Crippen molar-refractivity contribution in [2.24, 2.45) is 5.41 Å². The summed E-state index contributed by atoms with van der Waals surface area (Å²) in [6.45, 7) is 13.0. The Morgan fingerprint density at radius 1 is 1.15 bits per heavy atom. The largest absolute Gasteiger partial charge is 0.119 e. The molecule has 0 saturated heterocycles. The van der Waals surface area contributed by atoms with Gasteiger partial charge in [0.2, 0.25) is 0 Å². The third-order valence-electron chi connectivity index (χ3n) is 2.73.